The average molecular weight is 345 g/mol. The molecule has 3 rings (SSSR count). The standard InChI is InChI=1S/C20H32N4O/c1-21-20(22-12-11-16-5-6-16)23-15-19(24-13-3-4-14-24)17-7-9-18(25-2)10-8-17/h7-10,16,19H,3-6,11-15H2,1-2H3,(H2,21,22,23). The summed E-state index contributed by atoms with van der Waals surface area (Å²) in [6, 6.07) is 8.86. The van der Waals surface area contributed by atoms with Gasteiger partial charge in [0.15, 0.2) is 5.96 Å². The average Bonchev–Trinajstić information content (AvgIpc) is 3.32. The Balaban J connectivity index is 1.58. The number of aliphatic imine (C=N–C) groups is 1. The lowest BCUT2D eigenvalue weighted by atomic mass is 10.1. The summed E-state index contributed by atoms with van der Waals surface area (Å²) >= 11 is 0. The van der Waals surface area contributed by atoms with Crippen LogP contribution in [-0.2, 0) is 0 Å². The van der Waals surface area contributed by atoms with Crippen molar-refractivity contribution in [2.24, 2.45) is 10.9 Å². The van der Waals surface area contributed by atoms with Crippen LogP contribution in [0.5, 0.6) is 5.75 Å². The molecule has 1 saturated carbocycles. The van der Waals surface area contributed by atoms with Gasteiger partial charge in [0, 0.05) is 20.1 Å². The summed E-state index contributed by atoms with van der Waals surface area (Å²) < 4.78 is 5.30. The Morgan fingerprint density at radius 3 is 2.52 bits per heavy atom. The predicted molar refractivity (Wildman–Crippen MR) is 103 cm³/mol. The van der Waals surface area contributed by atoms with Gasteiger partial charge < -0.3 is 15.4 Å². The molecule has 1 heterocycles. The topological polar surface area (TPSA) is 48.9 Å². The first-order valence-corrected chi connectivity index (χ1v) is 9.62. The Morgan fingerprint density at radius 2 is 1.92 bits per heavy atom. The van der Waals surface area contributed by atoms with E-state index in [2.05, 4.69) is 44.8 Å². The van der Waals surface area contributed by atoms with E-state index in [-0.39, 0.29) is 0 Å². The maximum Gasteiger partial charge on any atom is 0.191 e. The first kappa shape index (κ1) is 18.1. The van der Waals surface area contributed by atoms with Crippen LogP contribution in [0.2, 0.25) is 0 Å². The minimum atomic E-state index is 0.371. The van der Waals surface area contributed by atoms with Gasteiger partial charge in [0.25, 0.3) is 0 Å². The van der Waals surface area contributed by atoms with Crippen LogP contribution >= 0.6 is 0 Å². The molecule has 2 aliphatic rings. The SMILES string of the molecule is CN=C(NCCC1CC1)NCC(c1ccc(OC)cc1)N1CCCC1. The van der Waals surface area contributed by atoms with Gasteiger partial charge in [-0.3, -0.25) is 9.89 Å². The van der Waals surface area contributed by atoms with Crippen molar-refractivity contribution in [2.45, 2.75) is 38.1 Å². The molecule has 1 saturated heterocycles. The van der Waals surface area contributed by atoms with E-state index in [1.807, 2.05) is 7.05 Å². The van der Waals surface area contributed by atoms with Gasteiger partial charge in [0.1, 0.15) is 5.75 Å². The van der Waals surface area contributed by atoms with Gasteiger partial charge in [-0.2, -0.15) is 0 Å². The van der Waals surface area contributed by atoms with Gasteiger partial charge in [0.05, 0.1) is 13.2 Å². The summed E-state index contributed by atoms with van der Waals surface area (Å²) in [5.41, 5.74) is 1.34. The van der Waals surface area contributed by atoms with Crippen LogP contribution in [0.15, 0.2) is 29.3 Å². The highest BCUT2D eigenvalue weighted by Gasteiger charge is 2.24. The summed E-state index contributed by atoms with van der Waals surface area (Å²) in [7, 11) is 3.57. The van der Waals surface area contributed by atoms with Crippen LogP contribution in [-0.4, -0.2) is 51.2 Å². The third-order valence-corrected chi connectivity index (χ3v) is 5.31. The molecule has 2 N–H and O–H groups in total. The lowest BCUT2D eigenvalue weighted by molar-refractivity contribution is 0.245. The van der Waals surface area contributed by atoms with Gasteiger partial charge in [0.2, 0.25) is 0 Å². The molecule has 5 nitrogen and oxygen atoms in total. The maximum atomic E-state index is 5.30. The van der Waals surface area contributed by atoms with Crippen molar-refractivity contribution < 1.29 is 4.74 Å². The van der Waals surface area contributed by atoms with Crippen molar-refractivity contribution in [2.75, 3.05) is 40.3 Å². The number of methoxy groups -OCH3 is 1. The Bertz CT molecular complexity index is 547. The Kier molecular flexibility index (Phi) is 6.56. The summed E-state index contributed by atoms with van der Waals surface area (Å²) in [5.74, 6) is 2.77. The summed E-state index contributed by atoms with van der Waals surface area (Å²) in [4.78, 5) is 6.96. The van der Waals surface area contributed by atoms with E-state index >= 15 is 0 Å². The van der Waals surface area contributed by atoms with Crippen molar-refractivity contribution in [3.8, 4) is 5.75 Å². The van der Waals surface area contributed by atoms with E-state index in [4.69, 9.17) is 4.74 Å². The Labute approximate surface area is 151 Å². The van der Waals surface area contributed by atoms with Gasteiger partial charge in [-0.25, -0.2) is 0 Å². The van der Waals surface area contributed by atoms with Crippen LogP contribution in [0, 0.1) is 5.92 Å². The Morgan fingerprint density at radius 1 is 1.20 bits per heavy atom. The minimum absolute atomic E-state index is 0.371. The fourth-order valence-electron chi connectivity index (χ4n) is 3.55. The van der Waals surface area contributed by atoms with Crippen molar-refractivity contribution in [1.82, 2.24) is 15.5 Å². The normalized spacial score (nSPS) is 19.7. The van der Waals surface area contributed by atoms with Crippen molar-refractivity contribution >= 4 is 5.96 Å². The van der Waals surface area contributed by atoms with Crippen LogP contribution in [0.4, 0.5) is 0 Å². The molecular weight excluding hydrogens is 312 g/mol. The molecule has 2 fully saturated rings. The molecule has 138 valence electrons. The number of ether oxygens (including phenoxy) is 1. The molecule has 0 amide bonds. The first-order valence-electron chi connectivity index (χ1n) is 9.62. The molecule has 1 aromatic carbocycles. The molecule has 1 atom stereocenters. The lowest BCUT2D eigenvalue weighted by Crippen LogP contribution is -2.43. The second-order valence-corrected chi connectivity index (χ2v) is 7.14. The zero-order valence-electron chi connectivity index (χ0n) is 15.6. The molecule has 25 heavy (non-hydrogen) atoms. The van der Waals surface area contributed by atoms with Gasteiger partial charge in [-0.05, 0) is 56.0 Å². The van der Waals surface area contributed by atoms with Gasteiger partial charge in [-0.1, -0.05) is 25.0 Å². The number of hydrogen-bond donors (Lipinski definition) is 2. The van der Waals surface area contributed by atoms with Crippen LogP contribution in [0.3, 0.4) is 0 Å². The molecule has 0 radical (unpaired) electrons. The van der Waals surface area contributed by atoms with Crippen LogP contribution < -0.4 is 15.4 Å². The number of guanidine groups is 1. The molecule has 1 unspecified atom stereocenters. The molecule has 1 aromatic rings. The highest BCUT2D eigenvalue weighted by molar-refractivity contribution is 5.79. The number of nitrogens with zero attached hydrogens (tertiary/aromatic N) is 2. The lowest BCUT2D eigenvalue weighted by Gasteiger charge is -2.29. The number of hydrogen-bond acceptors (Lipinski definition) is 3. The maximum absolute atomic E-state index is 5.30. The molecule has 1 aliphatic carbocycles. The quantitative estimate of drug-likeness (QED) is 0.562. The third kappa shape index (κ3) is 5.36. The van der Waals surface area contributed by atoms with Crippen LogP contribution in [0.1, 0.15) is 43.7 Å². The fraction of sp³-hybridized carbons (Fsp3) is 0.650. The molecule has 0 bridgehead atoms. The summed E-state index contributed by atoms with van der Waals surface area (Å²) in [5, 5.41) is 6.99. The van der Waals surface area contributed by atoms with E-state index in [1.165, 1.54) is 50.8 Å². The Hall–Kier alpha value is -1.75. The highest BCUT2D eigenvalue weighted by atomic mass is 16.5. The second kappa shape index (κ2) is 9.09. The molecule has 5 heteroatoms. The van der Waals surface area contributed by atoms with Gasteiger partial charge >= 0.3 is 0 Å². The third-order valence-electron chi connectivity index (χ3n) is 5.31. The van der Waals surface area contributed by atoms with Crippen LogP contribution in [0.25, 0.3) is 0 Å². The zero-order chi connectivity index (χ0) is 17.5. The molecule has 0 spiro atoms. The van der Waals surface area contributed by atoms with E-state index in [0.29, 0.717) is 6.04 Å². The number of likely N-dealkylation sites (tertiary alicyclic amines) is 1. The largest absolute Gasteiger partial charge is 0.497 e. The van der Waals surface area contributed by atoms with Gasteiger partial charge in [-0.15, -0.1) is 0 Å². The van der Waals surface area contributed by atoms with E-state index in [0.717, 1.165) is 30.7 Å². The highest BCUT2D eigenvalue weighted by Crippen LogP contribution is 2.31. The van der Waals surface area contributed by atoms with Crippen molar-refractivity contribution in [3.63, 3.8) is 0 Å². The second-order valence-electron chi connectivity index (χ2n) is 7.14. The van der Waals surface area contributed by atoms with E-state index in [1.54, 1.807) is 7.11 Å². The fourth-order valence-corrected chi connectivity index (χ4v) is 3.55. The number of rotatable bonds is 8. The molecule has 0 aromatic heterocycles. The summed E-state index contributed by atoms with van der Waals surface area (Å²) in [6.07, 6.45) is 6.65. The summed E-state index contributed by atoms with van der Waals surface area (Å²) in [6.45, 7) is 4.23. The predicted octanol–water partition coefficient (Wildman–Crippen LogP) is 2.80. The van der Waals surface area contributed by atoms with Crippen molar-refractivity contribution in [3.05, 3.63) is 29.8 Å². The van der Waals surface area contributed by atoms with Crippen molar-refractivity contribution in [1.29, 1.82) is 0 Å². The minimum Gasteiger partial charge on any atom is -0.497 e. The molecule has 1 aliphatic heterocycles. The number of nitrogens with one attached hydrogen (secondary N) is 2. The van der Waals surface area contributed by atoms with E-state index < -0.39 is 0 Å². The monoisotopic (exact) mass is 344 g/mol. The first-order chi connectivity index (χ1) is 12.3. The molecular formula is C20H32N4O. The number of benzene rings is 1. The zero-order valence-corrected chi connectivity index (χ0v) is 15.6. The smallest absolute Gasteiger partial charge is 0.191 e. The van der Waals surface area contributed by atoms with E-state index in [9.17, 15) is 0 Å².